The van der Waals surface area contributed by atoms with Crippen molar-refractivity contribution in [1.82, 2.24) is 0 Å². The predicted molar refractivity (Wildman–Crippen MR) is 210 cm³/mol. The van der Waals surface area contributed by atoms with Gasteiger partial charge in [-0.15, -0.1) is 39.4 Å². The average molecular weight is 1030 g/mol. The van der Waals surface area contributed by atoms with E-state index in [2.05, 4.69) is 49.4 Å². The van der Waals surface area contributed by atoms with Crippen LogP contribution in [-0.4, -0.2) is 82.6 Å². The first-order valence-electron chi connectivity index (χ1n) is 16.0. The predicted octanol–water partition coefficient (Wildman–Crippen LogP) is 7.51. The van der Waals surface area contributed by atoms with Crippen LogP contribution in [0.1, 0.15) is 0 Å². The second-order valence-corrected chi connectivity index (χ2v) is 17.8. The van der Waals surface area contributed by atoms with Crippen LogP contribution in [0.25, 0.3) is 10.8 Å². The topological polar surface area (TPSA) is 428 Å². The molecular formula is C30H23FeN7O21S5. The summed E-state index contributed by atoms with van der Waals surface area (Å²) in [5.41, 5.74) is -3.96. The number of phenols is 4. The summed E-state index contributed by atoms with van der Waals surface area (Å²) in [7, 11) is -14.6. The largest absolute Gasteiger partial charge is 0.505 e. The second-order valence-electron chi connectivity index (χ2n) is 11.6. The van der Waals surface area contributed by atoms with Gasteiger partial charge in [-0.05, 0) is 60.0 Å². The molecule has 0 aliphatic carbocycles. The molecule has 0 bridgehead atoms. The summed E-state index contributed by atoms with van der Waals surface area (Å²) in [4.78, 5) is 7.22. The molecule has 0 radical (unpaired) electrons. The molecular weight excluding hydrogens is 1010 g/mol. The van der Waals surface area contributed by atoms with Crippen molar-refractivity contribution in [2.75, 3.05) is 12.4 Å². The number of rotatable bonds is 19. The SMILES string of the molecule is O=[N+]([O-])c1ccc(N=Nc2c(O)ccc(N=Nc3cc(S(=O)(=O)O)cc4cc(SOOO)c(N=Nc5ccc(S(=O)(=O)CCOSOOO)cc5S(=O)(=O)O)c(O)c34)c2O)c(O)c1.[Fe]. The molecule has 0 unspecified atom stereocenters. The number of benzene rings is 5. The number of nitrogens with zero attached hydrogens (tertiary/aromatic N) is 7. The number of fused-ring (bicyclic) bond motifs is 1. The molecule has 64 heavy (non-hydrogen) atoms. The van der Waals surface area contributed by atoms with Crippen LogP contribution < -0.4 is 0 Å². The van der Waals surface area contributed by atoms with Crippen LogP contribution in [0, 0.1) is 10.1 Å². The number of hydrogen-bond acceptors (Lipinski definition) is 27. The maximum atomic E-state index is 12.8. The Morgan fingerprint density at radius 1 is 0.641 bits per heavy atom. The van der Waals surface area contributed by atoms with Gasteiger partial charge in [-0.25, -0.2) is 18.9 Å². The van der Waals surface area contributed by atoms with Crippen molar-refractivity contribution in [3.05, 3.63) is 76.8 Å². The molecule has 0 aromatic heterocycles. The van der Waals surface area contributed by atoms with Crippen LogP contribution in [0.4, 0.5) is 39.8 Å². The molecule has 0 atom stereocenters. The number of phenolic OH excluding ortho intramolecular Hbond substituents is 4. The molecule has 0 fully saturated rings. The monoisotopic (exact) mass is 1030 g/mol. The van der Waals surface area contributed by atoms with E-state index in [9.17, 15) is 64.9 Å². The van der Waals surface area contributed by atoms with Gasteiger partial charge in [0.05, 0.1) is 61.2 Å². The summed E-state index contributed by atoms with van der Waals surface area (Å²) in [5, 5.41) is 99.6. The fourth-order valence-corrected chi connectivity index (χ4v) is 8.13. The van der Waals surface area contributed by atoms with Crippen molar-refractivity contribution < 1.29 is 110 Å². The van der Waals surface area contributed by atoms with Crippen LogP contribution in [0.5, 0.6) is 23.0 Å². The Morgan fingerprint density at radius 3 is 1.91 bits per heavy atom. The second kappa shape index (κ2) is 21.4. The van der Waals surface area contributed by atoms with E-state index in [1.54, 1.807) is 0 Å². The molecule has 0 heterocycles. The smallest absolute Gasteiger partial charge is 0.296 e. The van der Waals surface area contributed by atoms with Crippen LogP contribution in [0.2, 0.25) is 0 Å². The van der Waals surface area contributed by atoms with Crippen LogP contribution in [-0.2, 0) is 70.1 Å². The molecule has 0 saturated carbocycles. The van der Waals surface area contributed by atoms with E-state index in [1.807, 2.05) is 0 Å². The summed E-state index contributed by atoms with van der Waals surface area (Å²) in [6.07, 6.45) is 0. The molecule has 5 aromatic carbocycles. The molecule has 28 nitrogen and oxygen atoms in total. The Hall–Kier alpha value is -5.53. The number of nitro groups is 1. The van der Waals surface area contributed by atoms with Crippen molar-refractivity contribution in [2.24, 2.45) is 30.7 Å². The van der Waals surface area contributed by atoms with E-state index < -0.39 is 125 Å². The van der Waals surface area contributed by atoms with E-state index in [4.69, 9.17) is 14.7 Å². The summed E-state index contributed by atoms with van der Waals surface area (Å²) in [5.74, 6) is -4.04. The molecule has 8 N–H and O–H groups in total. The first-order chi connectivity index (χ1) is 29.7. The van der Waals surface area contributed by atoms with Crippen molar-refractivity contribution >= 4 is 105 Å². The van der Waals surface area contributed by atoms with E-state index >= 15 is 0 Å². The fourth-order valence-electron chi connectivity index (χ4n) is 4.95. The molecule has 0 aliphatic heterocycles. The average Bonchev–Trinajstić information content (AvgIpc) is 3.21. The Bertz CT molecular complexity index is 3030. The number of non-ortho nitro benzene ring substituents is 1. The van der Waals surface area contributed by atoms with Gasteiger partial charge in [0, 0.05) is 23.1 Å². The maximum Gasteiger partial charge on any atom is 0.296 e. The fraction of sp³-hybridized carbons (Fsp3) is 0.0667. The third-order valence-corrected chi connectivity index (χ3v) is 12.1. The number of sulfone groups is 1. The van der Waals surface area contributed by atoms with Crippen LogP contribution >= 0.6 is 24.4 Å². The van der Waals surface area contributed by atoms with Crippen molar-refractivity contribution in [2.45, 2.75) is 19.6 Å². The third kappa shape index (κ3) is 12.4. The molecule has 5 rings (SSSR count). The van der Waals surface area contributed by atoms with Gasteiger partial charge in [-0.2, -0.15) is 16.8 Å². The van der Waals surface area contributed by atoms with Crippen molar-refractivity contribution in [3.8, 4) is 23.0 Å². The van der Waals surface area contributed by atoms with Crippen LogP contribution in [0.3, 0.4) is 0 Å². The zero-order chi connectivity index (χ0) is 46.3. The van der Waals surface area contributed by atoms with E-state index in [0.717, 1.165) is 54.6 Å². The van der Waals surface area contributed by atoms with Gasteiger partial charge in [0.2, 0.25) is 0 Å². The molecule has 5 aromatic rings. The van der Waals surface area contributed by atoms with Crippen molar-refractivity contribution in [1.29, 1.82) is 0 Å². The summed E-state index contributed by atoms with van der Waals surface area (Å²) in [6, 6.07) is 9.46. The summed E-state index contributed by atoms with van der Waals surface area (Å²) >= 11 is 0.186. The van der Waals surface area contributed by atoms with Gasteiger partial charge < -0.3 is 20.4 Å². The standard InChI is InChI=1S/C30H23N7O21S5.Fe/c38-22-6-5-20(29(40)27(22)35-31-18-3-1-15(37(42)43)11-23(18)39)33-34-21-12-17(62(48,49)50)9-14-10-24(59-57-55-44)28(30(41)26(14)21)36-32-19-4-2-16(13-25(19)63(51,52)53)61(46,47)8-7-54-60-58-56-45;/h1-6,9-13,38-41,44-45H,7-8H2,(H,48,49,50)(H,51,52,53);. The van der Waals surface area contributed by atoms with Gasteiger partial charge in [-0.3, -0.25) is 23.4 Å². The molecule has 342 valence electrons. The Balaban J connectivity index is 0.00000898. The zero-order valence-electron chi connectivity index (χ0n) is 30.7. The van der Waals surface area contributed by atoms with Gasteiger partial charge in [0.1, 0.15) is 39.1 Å². The first kappa shape index (κ1) is 51.1. The van der Waals surface area contributed by atoms with E-state index in [1.165, 1.54) is 0 Å². The summed E-state index contributed by atoms with van der Waals surface area (Å²) < 4.78 is 108. The Morgan fingerprint density at radius 2 is 1.27 bits per heavy atom. The van der Waals surface area contributed by atoms with Crippen molar-refractivity contribution in [3.63, 3.8) is 0 Å². The quantitative estimate of drug-likeness (QED) is 0.00579. The molecule has 0 spiro atoms. The van der Waals surface area contributed by atoms with Gasteiger partial charge in [0.25, 0.3) is 25.9 Å². The summed E-state index contributed by atoms with van der Waals surface area (Å²) in [6.45, 7) is -0.560. The molecule has 0 aliphatic rings. The minimum atomic E-state index is -5.27. The molecule has 0 amide bonds. The number of hydrogen-bond donors (Lipinski definition) is 8. The van der Waals surface area contributed by atoms with Gasteiger partial charge in [-0.1, -0.05) is 10.1 Å². The van der Waals surface area contributed by atoms with E-state index in [0.29, 0.717) is 12.1 Å². The Labute approximate surface area is 375 Å². The van der Waals surface area contributed by atoms with Gasteiger partial charge >= 0.3 is 0 Å². The Kier molecular flexibility index (Phi) is 17.1. The molecule has 0 saturated heterocycles. The molecule has 34 heteroatoms. The minimum Gasteiger partial charge on any atom is -0.505 e. The normalized spacial score (nSPS) is 12.4. The van der Waals surface area contributed by atoms with Crippen LogP contribution in [0.15, 0.2) is 117 Å². The third-order valence-electron chi connectivity index (χ3n) is 7.72. The number of aromatic hydroxyl groups is 4. The minimum absolute atomic E-state index is 0. The van der Waals surface area contributed by atoms with Gasteiger partial charge in [0.15, 0.2) is 39.3 Å². The van der Waals surface area contributed by atoms with E-state index in [-0.39, 0.29) is 57.4 Å². The first-order valence-corrected chi connectivity index (χ1v) is 21.9. The number of nitro benzene ring substituents is 1. The zero-order valence-corrected chi connectivity index (χ0v) is 35.9. The number of azo groups is 3. The maximum absolute atomic E-state index is 12.8.